The van der Waals surface area contributed by atoms with Crippen LogP contribution in [0.3, 0.4) is 0 Å². The molecule has 0 bridgehead atoms. The molecule has 5 heteroatoms. The maximum atomic E-state index is 5.99. The topological polar surface area (TPSA) is 34.8 Å². The van der Waals surface area contributed by atoms with E-state index in [1.807, 2.05) is 30.3 Å². The second-order valence-electron chi connectivity index (χ2n) is 9.60. The first-order valence-corrected chi connectivity index (χ1v) is 13.5. The van der Waals surface area contributed by atoms with E-state index >= 15 is 0 Å². The maximum absolute atomic E-state index is 5.99. The molecule has 0 aliphatic carbocycles. The van der Waals surface area contributed by atoms with Crippen molar-refractivity contribution in [2.75, 3.05) is 0 Å². The van der Waals surface area contributed by atoms with Gasteiger partial charge in [0.15, 0.2) is 5.76 Å². The molecule has 4 rings (SSSR count). The standard InChI is InChI=1S/C31H40N3O.BrH/c1-2-3-4-5-6-7-8-9-10-14-21-33-22-23-34(26-33)25-27-17-19-29(20-18-27)31-32-24-30(35-31)28-15-12-11-13-16-28;/h11-13,15-20,22-24,26H,2-10,14,21,25H2,1H3;1H/q+1;/p-1. The van der Waals surface area contributed by atoms with E-state index in [1.54, 1.807) is 6.20 Å². The van der Waals surface area contributed by atoms with Crippen LogP contribution in [0.1, 0.15) is 76.7 Å². The lowest BCUT2D eigenvalue weighted by Gasteiger charge is -2.02. The van der Waals surface area contributed by atoms with Gasteiger partial charge in [0.1, 0.15) is 18.9 Å². The normalized spacial score (nSPS) is 10.9. The number of hydrogen-bond acceptors (Lipinski definition) is 2. The molecule has 192 valence electrons. The fraction of sp³-hybridized carbons (Fsp3) is 0.419. The number of imidazole rings is 1. The van der Waals surface area contributed by atoms with Crippen LogP contribution < -0.4 is 21.5 Å². The van der Waals surface area contributed by atoms with E-state index in [2.05, 4.69) is 64.0 Å². The molecule has 0 atom stereocenters. The summed E-state index contributed by atoms with van der Waals surface area (Å²) in [7, 11) is 0. The summed E-state index contributed by atoms with van der Waals surface area (Å²) in [6.45, 7) is 4.26. The lowest BCUT2D eigenvalue weighted by Crippen LogP contribution is -3.00. The van der Waals surface area contributed by atoms with Crippen molar-refractivity contribution in [3.05, 3.63) is 85.1 Å². The van der Waals surface area contributed by atoms with Crippen molar-refractivity contribution >= 4 is 0 Å². The number of oxazole rings is 1. The Morgan fingerprint density at radius 1 is 0.778 bits per heavy atom. The van der Waals surface area contributed by atoms with Crippen LogP contribution in [-0.2, 0) is 13.1 Å². The molecule has 2 heterocycles. The van der Waals surface area contributed by atoms with Crippen LogP contribution in [0.2, 0.25) is 0 Å². The molecule has 0 saturated carbocycles. The van der Waals surface area contributed by atoms with Crippen LogP contribution in [0, 0.1) is 0 Å². The zero-order valence-corrected chi connectivity index (χ0v) is 23.2. The molecule has 0 unspecified atom stereocenters. The predicted molar refractivity (Wildman–Crippen MR) is 143 cm³/mol. The Morgan fingerprint density at radius 2 is 1.44 bits per heavy atom. The molecular formula is C31H40BrN3O. The highest BCUT2D eigenvalue weighted by molar-refractivity contribution is 5.61. The Labute approximate surface area is 227 Å². The predicted octanol–water partition coefficient (Wildman–Crippen LogP) is 5.07. The molecule has 0 amide bonds. The second kappa shape index (κ2) is 15.5. The van der Waals surface area contributed by atoms with Gasteiger partial charge in [0.25, 0.3) is 0 Å². The highest BCUT2D eigenvalue weighted by atomic mass is 79.9. The minimum absolute atomic E-state index is 0. The Hall–Kier alpha value is -2.66. The lowest BCUT2D eigenvalue weighted by atomic mass is 10.1. The van der Waals surface area contributed by atoms with E-state index in [9.17, 15) is 0 Å². The highest BCUT2D eigenvalue weighted by Gasteiger charge is 2.10. The zero-order chi connectivity index (χ0) is 24.1. The summed E-state index contributed by atoms with van der Waals surface area (Å²) < 4.78 is 10.6. The number of nitrogens with zero attached hydrogens (tertiary/aromatic N) is 3. The van der Waals surface area contributed by atoms with Crippen LogP contribution >= 0.6 is 0 Å². The first kappa shape index (κ1) is 27.9. The summed E-state index contributed by atoms with van der Waals surface area (Å²) in [5, 5.41) is 0. The number of hydrogen-bond donors (Lipinski definition) is 0. The summed E-state index contributed by atoms with van der Waals surface area (Å²) in [6.07, 6.45) is 22.2. The van der Waals surface area contributed by atoms with Gasteiger partial charge in [0.2, 0.25) is 12.2 Å². The van der Waals surface area contributed by atoms with Gasteiger partial charge in [-0.2, -0.15) is 0 Å². The van der Waals surface area contributed by atoms with E-state index in [1.165, 1.54) is 69.8 Å². The molecule has 2 aromatic carbocycles. The van der Waals surface area contributed by atoms with Gasteiger partial charge < -0.3 is 21.4 Å². The quantitative estimate of drug-likeness (QED) is 0.153. The van der Waals surface area contributed by atoms with E-state index < -0.39 is 0 Å². The van der Waals surface area contributed by atoms with E-state index in [-0.39, 0.29) is 17.0 Å². The first-order valence-electron chi connectivity index (χ1n) is 13.5. The van der Waals surface area contributed by atoms with Gasteiger partial charge in [-0.3, -0.25) is 0 Å². The van der Waals surface area contributed by atoms with Gasteiger partial charge in [-0.15, -0.1) is 0 Å². The first-order chi connectivity index (χ1) is 17.3. The van der Waals surface area contributed by atoms with Crippen LogP contribution in [0.5, 0.6) is 0 Å². The fourth-order valence-electron chi connectivity index (χ4n) is 4.55. The average molecular weight is 551 g/mol. The number of aromatic nitrogens is 3. The smallest absolute Gasteiger partial charge is 0.244 e. The molecule has 0 aliphatic heterocycles. The van der Waals surface area contributed by atoms with Gasteiger partial charge in [-0.05, 0) is 30.5 Å². The summed E-state index contributed by atoms with van der Waals surface area (Å²) in [6, 6.07) is 18.6. The van der Waals surface area contributed by atoms with Crippen LogP contribution in [0.25, 0.3) is 22.8 Å². The van der Waals surface area contributed by atoms with Gasteiger partial charge in [-0.1, -0.05) is 101 Å². The van der Waals surface area contributed by atoms with Crippen molar-refractivity contribution in [2.24, 2.45) is 0 Å². The van der Waals surface area contributed by atoms with E-state index in [0.29, 0.717) is 5.89 Å². The Kier molecular flexibility index (Phi) is 12.0. The van der Waals surface area contributed by atoms with Crippen LogP contribution in [0.15, 0.2) is 83.9 Å². The molecule has 0 radical (unpaired) electrons. The number of aryl methyl sites for hydroxylation is 1. The summed E-state index contributed by atoms with van der Waals surface area (Å²) in [5.41, 5.74) is 3.31. The molecule has 0 saturated heterocycles. The minimum atomic E-state index is 0. The highest BCUT2D eigenvalue weighted by Crippen LogP contribution is 2.26. The van der Waals surface area contributed by atoms with Crippen molar-refractivity contribution in [1.29, 1.82) is 0 Å². The van der Waals surface area contributed by atoms with Crippen molar-refractivity contribution in [3.8, 4) is 22.8 Å². The number of unbranched alkanes of at least 4 members (excludes halogenated alkanes) is 9. The maximum Gasteiger partial charge on any atom is 0.244 e. The fourth-order valence-corrected chi connectivity index (χ4v) is 4.55. The minimum Gasteiger partial charge on any atom is -1.00 e. The molecule has 0 fully saturated rings. The second-order valence-corrected chi connectivity index (χ2v) is 9.60. The third kappa shape index (κ3) is 8.77. The monoisotopic (exact) mass is 549 g/mol. The average Bonchev–Trinajstić information content (AvgIpc) is 3.56. The summed E-state index contributed by atoms with van der Waals surface area (Å²) in [5.74, 6) is 1.45. The summed E-state index contributed by atoms with van der Waals surface area (Å²) in [4.78, 5) is 4.47. The van der Waals surface area contributed by atoms with Crippen LogP contribution in [-0.4, -0.2) is 9.55 Å². The number of halogens is 1. The molecule has 0 aliphatic rings. The number of rotatable bonds is 15. The SMILES string of the molecule is CCCCCCCCCCCCn1cc[n+](Cc2ccc(-c3ncc(-c4ccccc4)o3)cc2)c1.[Br-]. The summed E-state index contributed by atoms with van der Waals surface area (Å²) >= 11 is 0. The van der Waals surface area contributed by atoms with Gasteiger partial charge in [0, 0.05) is 11.1 Å². The molecule has 4 nitrogen and oxygen atoms in total. The third-order valence-electron chi connectivity index (χ3n) is 6.65. The molecule has 2 aromatic heterocycles. The molecule has 36 heavy (non-hydrogen) atoms. The van der Waals surface area contributed by atoms with Crippen molar-refractivity contribution in [3.63, 3.8) is 0 Å². The number of benzene rings is 2. The van der Waals surface area contributed by atoms with Gasteiger partial charge >= 0.3 is 0 Å². The largest absolute Gasteiger partial charge is 1.00 e. The van der Waals surface area contributed by atoms with Gasteiger partial charge in [0.05, 0.1) is 12.7 Å². The molecule has 0 spiro atoms. The van der Waals surface area contributed by atoms with E-state index in [0.717, 1.165) is 30.0 Å². The Morgan fingerprint density at radius 3 is 2.14 bits per heavy atom. The molecule has 4 aromatic rings. The lowest BCUT2D eigenvalue weighted by molar-refractivity contribution is -0.687. The van der Waals surface area contributed by atoms with Crippen molar-refractivity contribution in [1.82, 2.24) is 9.55 Å². The third-order valence-corrected chi connectivity index (χ3v) is 6.65. The van der Waals surface area contributed by atoms with E-state index in [4.69, 9.17) is 4.42 Å². The zero-order valence-electron chi connectivity index (χ0n) is 21.6. The van der Waals surface area contributed by atoms with Crippen molar-refractivity contribution < 1.29 is 26.0 Å². The Balaban J connectivity index is 0.00000361. The van der Waals surface area contributed by atoms with Gasteiger partial charge in [-0.25, -0.2) is 14.1 Å². The molecular weight excluding hydrogens is 510 g/mol. The van der Waals surface area contributed by atoms with Crippen molar-refractivity contribution in [2.45, 2.75) is 84.2 Å². The Bertz CT molecular complexity index is 1120. The molecule has 0 N–H and O–H groups in total. The van der Waals surface area contributed by atoms with Crippen LogP contribution in [0.4, 0.5) is 0 Å².